The molecule has 3 saturated carbocycles. The van der Waals surface area contributed by atoms with Gasteiger partial charge in [-0.05, 0) is 61.1 Å². The van der Waals surface area contributed by atoms with Crippen molar-refractivity contribution in [2.24, 2.45) is 23.7 Å². The molecule has 29 heavy (non-hydrogen) atoms. The average molecular weight is 416 g/mol. The van der Waals surface area contributed by atoms with Gasteiger partial charge in [0.1, 0.15) is 17.3 Å². The molecule has 0 aromatic carbocycles. The van der Waals surface area contributed by atoms with Crippen LogP contribution in [0.3, 0.4) is 0 Å². The molecule has 0 unspecified atom stereocenters. The van der Waals surface area contributed by atoms with Gasteiger partial charge in [-0.2, -0.15) is 4.98 Å². The first kappa shape index (κ1) is 18.4. The zero-order valence-corrected chi connectivity index (χ0v) is 16.2. The summed E-state index contributed by atoms with van der Waals surface area (Å²) in [5.41, 5.74) is 1.10. The molecule has 7 nitrogen and oxygen atoms in total. The molecule has 2 atom stereocenters. The number of pyridine rings is 1. The smallest absolute Gasteiger partial charge is 0.307 e. The monoisotopic (exact) mass is 415 g/mol. The Bertz CT molecular complexity index is 1100. The summed E-state index contributed by atoms with van der Waals surface area (Å²) in [4.78, 5) is 31.9. The molecule has 9 heteroatoms. The zero-order valence-electron chi connectivity index (χ0n) is 15.5. The topological polar surface area (TPSA) is 105 Å². The highest BCUT2D eigenvalue weighted by molar-refractivity contribution is 6.28. The quantitative estimate of drug-likeness (QED) is 0.669. The molecule has 150 valence electrons. The van der Waals surface area contributed by atoms with E-state index in [0.29, 0.717) is 40.6 Å². The summed E-state index contributed by atoms with van der Waals surface area (Å²) in [5.74, 6) is -0.173. The van der Waals surface area contributed by atoms with Crippen molar-refractivity contribution in [3.8, 4) is 11.4 Å². The van der Waals surface area contributed by atoms with Crippen molar-refractivity contribution in [1.82, 2.24) is 24.9 Å². The molecule has 0 saturated heterocycles. The predicted molar refractivity (Wildman–Crippen MR) is 104 cm³/mol. The first-order valence-electron chi connectivity index (χ1n) is 9.76. The third kappa shape index (κ3) is 3.25. The van der Waals surface area contributed by atoms with E-state index in [4.69, 9.17) is 11.6 Å². The second kappa shape index (κ2) is 7.02. The van der Waals surface area contributed by atoms with Crippen LogP contribution in [0, 0.1) is 29.5 Å². The van der Waals surface area contributed by atoms with E-state index in [1.165, 1.54) is 6.07 Å². The van der Waals surface area contributed by atoms with Crippen molar-refractivity contribution >= 4 is 28.6 Å². The van der Waals surface area contributed by atoms with Gasteiger partial charge >= 0.3 is 5.97 Å². The van der Waals surface area contributed by atoms with Crippen LogP contribution in [0.2, 0.25) is 5.28 Å². The van der Waals surface area contributed by atoms with Gasteiger partial charge in [0, 0.05) is 23.6 Å². The van der Waals surface area contributed by atoms with Gasteiger partial charge in [-0.1, -0.05) is 0 Å². The standard InChI is InChI=1S/C20H19ClFN5O2/c21-20-26-15(6-12-9-1-3-10(4-2-9)16(12)19(28)29)25-18(27-20)14-8-24-17-13(14)5-11(22)7-23-17/h5,7-10,12,16H,1-4,6H2,(H,23,24)(H,28,29)/t9?,10?,12-,16-/m0/s1. The number of carboxylic acid groups (broad SMARTS) is 1. The highest BCUT2D eigenvalue weighted by Gasteiger charge is 2.47. The molecule has 6 rings (SSSR count). The van der Waals surface area contributed by atoms with Crippen LogP contribution in [0.25, 0.3) is 22.4 Å². The van der Waals surface area contributed by atoms with Crippen molar-refractivity contribution in [3.63, 3.8) is 0 Å². The van der Waals surface area contributed by atoms with E-state index in [2.05, 4.69) is 24.9 Å². The van der Waals surface area contributed by atoms with Crippen LogP contribution in [-0.2, 0) is 11.2 Å². The Morgan fingerprint density at radius 2 is 1.97 bits per heavy atom. The first-order chi connectivity index (χ1) is 14.0. The van der Waals surface area contributed by atoms with Crippen molar-refractivity contribution < 1.29 is 14.3 Å². The number of hydrogen-bond acceptors (Lipinski definition) is 5. The molecule has 0 amide bonds. The Hall–Kier alpha value is -2.61. The van der Waals surface area contributed by atoms with Crippen molar-refractivity contribution in [2.45, 2.75) is 32.1 Å². The number of fused-ring (bicyclic) bond motifs is 4. The third-order valence-electron chi connectivity index (χ3n) is 6.49. The Labute approximate surface area is 170 Å². The van der Waals surface area contributed by atoms with Crippen LogP contribution in [0.5, 0.6) is 0 Å². The Morgan fingerprint density at radius 3 is 2.72 bits per heavy atom. The van der Waals surface area contributed by atoms with Crippen LogP contribution in [-0.4, -0.2) is 36.0 Å². The first-order valence-corrected chi connectivity index (χ1v) is 10.1. The lowest BCUT2D eigenvalue weighted by molar-refractivity contribution is -0.152. The molecule has 3 aromatic rings. The van der Waals surface area contributed by atoms with Crippen LogP contribution < -0.4 is 0 Å². The fourth-order valence-electron chi connectivity index (χ4n) is 5.23. The summed E-state index contributed by atoms with van der Waals surface area (Å²) in [5, 5.41) is 10.4. The minimum absolute atomic E-state index is 0.00611. The molecule has 0 aliphatic heterocycles. The molecule has 0 radical (unpaired) electrons. The van der Waals surface area contributed by atoms with Gasteiger partial charge in [0.2, 0.25) is 5.28 Å². The minimum atomic E-state index is -0.733. The summed E-state index contributed by atoms with van der Waals surface area (Å²) in [6.07, 6.45) is 7.32. The van der Waals surface area contributed by atoms with Gasteiger partial charge in [-0.3, -0.25) is 4.79 Å². The fraction of sp³-hybridized carbons (Fsp3) is 0.450. The number of nitrogens with one attached hydrogen (secondary N) is 1. The Morgan fingerprint density at radius 1 is 1.21 bits per heavy atom. The van der Waals surface area contributed by atoms with Crippen LogP contribution >= 0.6 is 11.6 Å². The minimum Gasteiger partial charge on any atom is -0.481 e. The zero-order chi connectivity index (χ0) is 20.1. The van der Waals surface area contributed by atoms with E-state index in [1.807, 2.05) is 0 Å². The Kier molecular flexibility index (Phi) is 4.46. The number of carbonyl (C=O) groups is 1. The lowest BCUT2D eigenvalue weighted by Gasteiger charge is -2.46. The lowest BCUT2D eigenvalue weighted by atomic mass is 9.57. The second-order valence-electron chi connectivity index (χ2n) is 8.00. The average Bonchev–Trinajstić information content (AvgIpc) is 3.11. The molecule has 2 N–H and O–H groups in total. The van der Waals surface area contributed by atoms with Crippen LogP contribution in [0.1, 0.15) is 31.5 Å². The highest BCUT2D eigenvalue weighted by atomic mass is 35.5. The number of carboxylic acids is 1. The summed E-state index contributed by atoms with van der Waals surface area (Å²) >= 11 is 6.17. The highest BCUT2D eigenvalue weighted by Crippen LogP contribution is 2.50. The van der Waals surface area contributed by atoms with E-state index in [1.54, 1.807) is 6.20 Å². The number of H-pyrrole nitrogens is 1. The maximum Gasteiger partial charge on any atom is 0.307 e. The number of halogens is 2. The van der Waals surface area contributed by atoms with E-state index in [0.717, 1.165) is 31.9 Å². The molecule has 3 aliphatic rings. The number of aliphatic carboxylic acids is 1. The predicted octanol–water partition coefficient (Wildman–Crippen LogP) is 3.89. The van der Waals surface area contributed by atoms with Crippen molar-refractivity contribution in [2.75, 3.05) is 0 Å². The molecule has 3 fully saturated rings. The molecule has 0 spiro atoms. The second-order valence-corrected chi connectivity index (χ2v) is 8.34. The van der Waals surface area contributed by atoms with Crippen LogP contribution in [0.4, 0.5) is 4.39 Å². The van der Waals surface area contributed by atoms with Gasteiger partial charge in [-0.25, -0.2) is 19.3 Å². The van der Waals surface area contributed by atoms with Crippen molar-refractivity contribution in [1.29, 1.82) is 0 Å². The number of hydrogen-bond donors (Lipinski definition) is 2. The molecule has 3 aromatic heterocycles. The maximum absolute atomic E-state index is 13.7. The van der Waals surface area contributed by atoms with Gasteiger partial charge < -0.3 is 10.1 Å². The maximum atomic E-state index is 13.7. The van der Waals surface area contributed by atoms with Crippen molar-refractivity contribution in [3.05, 3.63) is 35.4 Å². The van der Waals surface area contributed by atoms with Crippen LogP contribution in [0.15, 0.2) is 18.5 Å². The van der Waals surface area contributed by atoms with E-state index in [-0.39, 0.29) is 23.0 Å². The van der Waals surface area contributed by atoms with Gasteiger partial charge in [-0.15, -0.1) is 0 Å². The molecular formula is C20H19ClFN5O2. The van der Waals surface area contributed by atoms with Gasteiger partial charge in [0.15, 0.2) is 5.82 Å². The molecule has 3 aliphatic carbocycles. The SMILES string of the molecule is O=C(O)[C@H]1C2CCC(CC2)[C@@H]1Cc1nc(Cl)nc(-c2c[nH]c3ncc(F)cc23)n1. The molecular weight excluding hydrogens is 397 g/mol. The largest absolute Gasteiger partial charge is 0.481 e. The van der Waals surface area contributed by atoms with E-state index < -0.39 is 11.8 Å². The van der Waals surface area contributed by atoms with E-state index >= 15 is 0 Å². The summed E-state index contributed by atoms with van der Waals surface area (Å²) in [6, 6.07) is 1.37. The fourth-order valence-corrected chi connectivity index (χ4v) is 5.41. The lowest BCUT2D eigenvalue weighted by Crippen LogP contribution is -2.45. The normalized spacial score (nSPS) is 26.1. The van der Waals surface area contributed by atoms with Gasteiger partial charge in [0.05, 0.1) is 12.1 Å². The summed E-state index contributed by atoms with van der Waals surface area (Å²) in [6.45, 7) is 0. The number of nitrogens with zero attached hydrogens (tertiary/aromatic N) is 4. The third-order valence-corrected chi connectivity index (χ3v) is 6.66. The molecule has 2 bridgehead atoms. The Balaban J connectivity index is 1.51. The number of rotatable bonds is 4. The summed E-state index contributed by atoms with van der Waals surface area (Å²) in [7, 11) is 0. The molecule has 3 heterocycles. The van der Waals surface area contributed by atoms with E-state index in [9.17, 15) is 14.3 Å². The number of aromatic nitrogens is 5. The van der Waals surface area contributed by atoms with Gasteiger partial charge in [0.25, 0.3) is 0 Å². The summed E-state index contributed by atoms with van der Waals surface area (Å²) < 4.78 is 13.7. The number of aromatic amines is 1.